The Morgan fingerprint density at radius 1 is 1.42 bits per heavy atom. The summed E-state index contributed by atoms with van der Waals surface area (Å²) in [5.41, 5.74) is 0.969. The van der Waals surface area contributed by atoms with E-state index in [0.717, 1.165) is 24.2 Å². The molecule has 2 amide bonds. The Hall–Kier alpha value is -2.30. The van der Waals surface area contributed by atoms with Gasteiger partial charge >= 0.3 is 0 Å². The van der Waals surface area contributed by atoms with E-state index >= 15 is 0 Å². The maximum atomic E-state index is 12.5. The van der Waals surface area contributed by atoms with Crippen molar-refractivity contribution in [3.63, 3.8) is 0 Å². The lowest BCUT2D eigenvalue weighted by Gasteiger charge is -2.28. The highest BCUT2D eigenvalue weighted by Crippen LogP contribution is 2.39. The molecule has 1 aromatic rings. The number of hydrogen-bond donors (Lipinski definition) is 1. The highest BCUT2D eigenvalue weighted by atomic mass is 16.5. The minimum Gasteiger partial charge on any atom is -0.497 e. The quantitative estimate of drug-likeness (QED) is 0.746. The molecule has 0 aromatic heterocycles. The number of nitrogens with zero attached hydrogens (tertiary/aromatic N) is 1. The Morgan fingerprint density at radius 3 is 2.71 bits per heavy atom. The Labute approximate surface area is 143 Å². The second kappa shape index (κ2) is 8.52. The first-order valence-corrected chi connectivity index (χ1v) is 8.44. The van der Waals surface area contributed by atoms with Crippen LogP contribution in [0.4, 0.5) is 0 Å². The van der Waals surface area contributed by atoms with Crippen LogP contribution in [0.2, 0.25) is 0 Å². The molecule has 0 aliphatic carbocycles. The van der Waals surface area contributed by atoms with Crippen molar-refractivity contribution in [1.29, 1.82) is 0 Å². The van der Waals surface area contributed by atoms with Crippen molar-refractivity contribution in [2.45, 2.75) is 32.2 Å². The average Bonchev–Trinajstić information content (AvgIpc) is 2.94. The van der Waals surface area contributed by atoms with Crippen molar-refractivity contribution in [1.82, 2.24) is 10.2 Å². The lowest BCUT2D eigenvalue weighted by atomic mass is 9.92. The number of carbonyl (C=O) groups excluding carboxylic acids is 2. The zero-order chi connectivity index (χ0) is 17.5. The first-order valence-electron chi connectivity index (χ1n) is 8.44. The molecule has 2 atom stereocenters. The Bertz CT molecular complexity index is 583. The smallest absolute Gasteiger partial charge is 0.226 e. The fourth-order valence-electron chi connectivity index (χ4n) is 3.13. The molecule has 1 aromatic carbocycles. The minimum atomic E-state index is -0.372. The van der Waals surface area contributed by atoms with Gasteiger partial charge in [-0.15, -0.1) is 6.58 Å². The molecule has 1 fully saturated rings. The number of likely N-dealkylation sites (tertiary alicyclic amines) is 1. The molecule has 0 bridgehead atoms. The van der Waals surface area contributed by atoms with Crippen LogP contribution in [0.15, 0.2) is 36.9 Å². The van der Waals surface area contributed by atoms with Crippen LogP contribution < -0.4 is 10.1 Å². The van der Waals surface area contributed by atoms with Crippen LogP contribution >= 0.6 is 0 Å². The standard InChI is InChI=1S/C19H26N2O3/c1-4-6-12-21-17(22)13-16(19(23)20-11-5-2)18(21)14-7-9-15(24-3)10-8-14/h5,7-10,16,18H,2,4,6,11-13H2,1,3H3,(H,20,23). The normalized spacial score (nSPS) is 20.1. The number of amides is 2. The second-order valence-corrected chi connectivity index (χ2v) is 6.00. The highest BCUT2D eigenvalue weighted by molar-refractivity contribution is 5.90. The van der Waals surface area contributed by atoms with E-state index in [1.165, 1.54) is 0 Å². The molecule has 1 heterocycles. The lowest BCUT2D eigenvalue weighted by Crippen LogP contribution is -2.36. The zero-order valence-electron chi connectivity index (χ0n) is 14.5. The highest BCUT2D eigenvalue weighted by Gasteiger charge is 2.43. The lowest BCUT2D eigenvalue weighted by molar-refractivity contribution is -0.129. The number of unbranched alkanes of at least 4 members (excludes halogenated alkanes) is 1. The van der Waals surface area contributed by atoms with E-state index in [0.29, 0.717) is 13.1 Å². The third-order valence-electron chi connectivity index (χ3n) is 4.40. The van der Waals surface area contributed by atoms with Crippen LogP contribution in [0.25, 0.3) is 0 Å². The van der Waals surface area contributed by atoms with Gasteiger partial charge in [-0.05, 0) is 24.1 Å². The molecule has 0 saturated carbocycles. The van der Waals surface area contributed by atoms with Crippen molar-refractivity contribution < 1.29 is 14.3 Å². The maximum absolute atomic E-state index is 12.5. The number of benzene rings is 1. The summed E-state index contributed by atoms with van der Waals surface area (Å²) >= 11 is 0. The number of carbonyl (C=O) groups is 2. The summed E-state index contributed by atoms with van der Waals surface area (Å²) in [6.07, 6.45) is 3.83. The minimum absolute atomic E-state index is 0.0445. The van der Waals surface area contributed by atoms with Crippen LogP contribution in [0, 0.1) is 5.92 Å². The van der Waals surface area contributed by atoms with E-state index in [1.54, 1.807) is 13.2 Å². The molecule has 130 valence electrons. The summed E-state index contributed by atoms with van der Waals surface area (Å²) in [5.74, 6) is 0.338. The van der Waals surface area contributed by atoms with Crippen LogP contribution in [0.5, 0.6) is 5.75 Å². The van der Waals surface area contributed by atoms with Gasteiger partial charge in [0.25, 0.3) is 0 Å². The molecule has 0 radical (unpaired) electrons. The fraction of sp³-hybridized carbons (Fsp3) is 0.474. The third-order valence-corrected chi connectivity index (χ3v) is 4.40. The predicted octanol–water partition coefficient (Wildman–Crippen LogP) is 2.69. The Morgan fingerprint density at radius 2 is 2.12 bits per heavy atom. The van der Waals surface area contributed by atoms with E-state index in [-0.39, 0.29) is 30.2 Å². The van der Waals surface area contributed by atoms with Gasteiger partial charge in [0.15, 0.2) is 0 Å². The maximum Gasteiger partial charge on any atom is 0.226 e. The summed E-state index contributed by atoms with van der Waals surface area (Å²) in [6, 6.07) is 7.40. The molecular weight excluding hydrogens is 304 g/mol. The van der Waals surface area contributed by atoms with Crippen molar-refractivity contribution >= 4 is 11.8 Å². The zero-order valence-corrected chi connectivity index (χ0v) is 14.5. The van der Waals surface area contributed by atoms with Gasteiger partial charge in [0.2, 0.25) is 11.8 Å². The molecular formula is C19H26N2O3. The first-order chi connectivity index (χ1) is 11.6. The van der Waals surface area contributed by atoms with Gasteiger partial charge in [0.05, 0.1) is 19.1 Å². The summed E-state index contributed by atoms with van der Waals surface area (Å²) in [5, 5.41) is 2.83. The number of methoxy groups -OCH3 is 1. The van der Waals surface area contributed by atoms with E-state index < -0.39 is 0 Å². The van der Waals surface area contributed by atoms with Crippen LogP contribution in [-0.4, -0.2) is 36.9 Å². The molecule has 1 aliphatic heterocycles. The monoisotopic (exact) mass is 330 g/mol. The fourth-order valence-corrected chi connectivity index (χ4v) is 3.13. The van der Waals surface area contributed by atoms with Crippen molar-refractivity contribution in [3.8, 4) is 5.75 Å². The first kappa shape index (κ1) is 18.0. The molecule has 24 heavy (non-hydrogen) atoms. The van der Waals surface area contributed by atoms with Crippen LogP contribution in [0.1, 0.15) is 37.8 Å². The molecule has 0 spiro atoms. The molecule has 2 rings (SSSR count). The van der Waals surface area contributed by atoms with Crippen LogP contribution in [-0.2, 0) is 9.59 Å². The molecule has 5 nitrogen and oxygen atoms in total. The second-order valence-electron chi connectivity index (χ2n) is 6.00. The average molecular weight is 330 g/mol. The molecule has 1 saturated heterocycles. The van der Waals surface area contributed by atoms with Gasteiger partial charge in [-0.1, -0.05) is 31.6 Å². The van der Waals surface area contributed by atoms with Crippen molar-refractivity contribution in [2.24, 2.45) is 5.92 Å². The summed E-state index contributed by atoms with van der Waals surface area (Å²) in [4.78, 5) is 26.8. The summed E-state index contributed by atoms with van der Waals surface area (Å²) < 4.78 is 5.20. The topological polar surface area (TPSA) is 58.6 Å². The molecule has 1 N–H and O–H groups in total. The number of nitrogens with one attached hydrogen (secondary N) is 1. The molecule has 1 aliphatic rings. The van der Waals surface area contributed by atoms with E-state index in [4.69, 9.17) is 4.74 Å². The van der Waals surface area contributed by atoms with Gasteiger partial charge in [0.1, 0.15) is 5.75 Å². The SMILES string of the molecule is C=CCNC(=O)C1CC(=O)N(CCCC)C1c1ccc(OC)cc1. The molecule has 5 heteroatoms. The predicted molar refractivity (Wildman–Crippen MR) is 93.7 cm³/mol. The number of hydrogen-bond acceptors (Lipinski definition) is 3. The number of ether oxygens (including phenoxy) is 1. The van der Waals surface area contributed by atoms with E-state index in [2.05, 4.69) is 18.8 Å². The summed E-state index contributed by atoms with van der Waals surface area (Å²) in [7, 11) is 1.62. The summed E-state index contributed by atoms with van der Waals surface area (Å²) in [6.45, 7) is 6.80. The number of rotatable bonds is 8. The van der Waals surface area contributed by atoms with Crippen molar-refractivity contribution in [2.75, 3.05) is 20.2 Å². The Kier molecular flexibility index (Phi) is 6.41. The van der Waals surface area contributed by atoms with Gasteiger partial charge < -0.3 is 15.0 Å². The van der Waals surface area contributed by atoms with Crippen LogP contribution in [0.3, 0.4) is 0 Å². The van der Waals surface area contributed by atoms with Gasteiger partial charge in [-0.2, -0.15) is 0 Å². The Balaban J connectivity index is 2.29. The van der Waals surface area contributed by atoms with Gasteiger partial charge in [-0.3, -0.25) is 9.59 Å². The molecule has 2 unspecified atom stereocenters. The largest absolute Gasteiger partial charge is 0.497 e. The van der Waals surface area contributed by atoms with Crippen molar-refractivity contribution in [3.05, 3.63) is 42.5 Å². The van der Waals surface area contributed by atoms with E-state index in [1.807, 2.05) is 29.2 Å². The van der Waals surface area contributed by atoms with E-state index in [9.17, 15) is 9.59 Å². The van der Waals surface area contributed by atoms with Gasteiger partial charge in [-0.25, -0.2) is 0 Å². The third kappa shape index (κ3) is 3.96. The van der Waals surface area contributed by atoms with Gasteiger partial charge in [0, 0.05) is 19.5 Å².